The minimum Gasteiger partial charge on any atom is -0.357 e. The number of aryl methyl sites for hydroxylation is 2. The van der Waals surface area contributed by atoms with Gasteiger partial charge in [-0.25, -0.2) is 4.39 Å². The van der Waals surface area contributed by atoms with Crippen molar-refractivity contribution in [1.82, 2.24) is 16.2 Å². The molecule has 4 nitrogen and oxygen atoms in total. The van der Waals surface area contributed by atoms with Gasteiger partial charge in [0, 0.05) is 12.2 Å². The van der Waals surface area contributed by atoms with E-state index < -0.39 is 0 Å². The number of thiocarbonyl (C=S) groups is 2. The summed E-state index contributed by atoms with van der Waals surface area (Å²) in [5, 5.41) is 6.91. The van der Waals surface area contributed by atoms with E-state index in [1.54, 1.807) is 12.1 Å². The van der Waals surface area contributed by atoms with E-state index in [0.717, 1.165) is 16.8 Å². The van der Waals surface area contributed by atoms with Crippen LogP contribution in [0, 0.1) is 19.7 Å². The fourth-order valence-corrected chi connectivity index (χ4v) is 2.33. The van der Waals surface area contributed by atoms with Crippen molar-refractivity contribution < 1.29 is 4.39 Å². The first-order valence-corrected chi connectivity index (χ1v) is 8.18. The molecule has 0 unspecified atom stereocenters. The van der Waals surface area contributed by atoms with Crippen molar-refractivity contribution in [1.29, 1.82) is 0 Å². The molecule has 0 bridgehead atoms. The van der Waals surface area contributed by atoms with E-state index in [4.69, 9.17) is 24.4 Å². The summed E-state index contributed by atoms with van der Waals surface area (Å²) in [6, 6.07) is 12.3. The Hall–Kier alpha value is -2.25. The molecule has 0 fully saturated rings. The SMILES string of the molecule is Cc1ccc(NC(=S)NNC(=S)NCc2ccc(F)cc2)c(C)c1. The normalized spacial score (nSPS) is 9.96. The maximum Gasteiger partial charge on any atom is 0.189 e. The van der Waals surface area contributed by atoms with Crippen molar-refractivity contribution in [3.8, 4) is 0 Å². The number of hydrazine groups is 1. The van der Waals surface area contributed by atoms with Gasteiger partial charge in [0.1, 0.15) is 5.82 Å². The van der Waals surface area contributed by atoms with Gasteiger partial charge < -0.3 is 10.6 Å². The number of hydrogen-bond acceptors (Lipinski definition) is 2. The second-order valence-corrected chi connectivity index (χ2v) is 6.15. The highest BCUT2D eigenvalue weighted by atomic mass is 32.1. The monoisotopic (exact) mass is 362 g/mol. The van der Waals surface area contributed by atoms with Gasteiger partial charge in [-0.2, -0.15) is 0 Å². The molecule has 0 saturated carbocycles. The van der Waals surface area contributed by atoms with E-state index in [1.165, 1.54) is 17.7 Å². The van der Waals surface area contributed by atoms with E-state index >= 15 is 0 Å². The molecule has 7 heteroatoms. The number of nitrogens with one attached hydrogen (secondary N) is 4. The van der Waals surface area contributed by atoms with Crippen LogP contribution >= 0.6 is 24.4 Å². The molecule has 24 heavy (non-hydrogen) atoms. The van der Waals surface area contributed by atoms with Crippen LogP contribution in [0.5, 0.6) is 0 Å². The van der Waals surface area contributed by atoms with Crippen LogP contribution < -0.4 is 21.5 Å². The highest BCUT2D eigenvalue weighted by Crippen LogP contribution is 2.15. The van der Waals surface area contributed by atoms with Crippen LogP contribution in [0.15, 0.2) is 42.5 Å². The van der Waals surface area contributed by atoms with Crippen LogP contribution in [0.2, 0.25) is 0 Å². The molecule has 0 amide bonds. The standard InChI is InChI=1S/C17H19FN4S2/c1-11-3-8-15(12(2)9-11)20-17(24)22-21-16(23)19-10-13-4-6-14(18)7-5-13/h3-9H,10H2,1-2H3,(H2,19,21,23)(H2,20,22,24). The average molecular weight is 362 g/mol. The lowest BCUT2D eigenvalue weighted by Crippen LogP contribution is -2.48. The minimum atomic E-state index is -0.260. The molecule has 2 aromatic carbocycles. The quantitative estimate of drug-likeness (QED) is 0.496. The van der Waals surface area contributed by atoms with Crippen LogP contribution in [0.25, 0.3) is 0 Å². The number of benzene rings is 2. The van der Waals surface area contributed by atoms with Gasteiger partial charge >= 0.3 is 0 Å². The Bertz CT molecular complexity index is 732. The zero-order valence-electron chi connectivity index (χ0n) is 13.4. The summed E-state index contributed by atoms with van der Waals surface area (Å²) in [6.07, 6.45) is 0. The first kappa shape index (κ1) is 18.1. The van der Waals surface area contributed by atoms with Crippen molar-refractivity contribution in [3.05, 3.63) is 65.0 Å². The molecular weight excluding hydrogens is 343 g/mol. The Morgan fingerprint density at radius 2 is 1.62 bits per heavy atom. The van der Waals surface area contributed by atoms with Gasteiger partial charge in [0.2, 0.25) is 0 Å². The highest BCUT2D eigenvalue weighted by molar-refractivity contribution is 7.80. The summed E-state index contributed by atoms with van der Waals surface area (Å²) >= 11 is 10.4. The summed E-state index contributed by atoms with van der Waals surface area (Å²) < 4.78 is 12.8. The predicted octanol–water partition coefficient (Wildman–Crippen LogP) is 3.31. The van der Waals surface area contributed by atoms with Crippen molar-refractivity contribution in [2.75, 3.05) is 5.32 Å². The lowest BCUT2D eigenvalue weighted by molar-refractivity contribution is 0.626. The summed E-state index contributed by atoms with van der Waals surface area (Å²) in [5.41, 5.74) is 9.80. The Morgan fingerprint density at radius 1 is 0.958 bits per heavy atom. The molecule has 0 atom stereocenters. The topological polar surface area (TPSA) is 48.1 Å². The molecule has 0 aliphatic rings. The molecule has 0 aromatic heterocycles. The smallest absolute Gasteiger partial charge is 0.189 e. The second-order valence-electron chi connectivity index (χ2n) is 5.33. The lowest BCUT2D eigenvalue weighted by Gasteiger charge is -2.15. The van der Waals surface area contributed by atoms with Crippen LogP contribution in [-0.4, -0.2) is 10.2 Å². The highest BCUT2D eigenvalue weighted by Gasteiger charge is 2.02. The Kier molecular flexibility index (Phi) is 6.45. The molecule has 0 heterocycles. The summed E-state index contributed by atoms with van der Waals surface area (Å²) in [6.45, 7) is 4.55. The summed E-state index contributed by atoms with van der Waals surface area (Å²) in [4.78, 5) is 0. The van der Waals surface area contributed by atoms with E-state index in [0.29, 0.717) is 16.8 Å². The third-order valence-corrected chi connectivity index (χ3v) is 3.74. The molecule has 0 spiro atoms. The van der Waals surface area contributed by atoms with Crippen LogP contribution in [0.4, 0.5) is 10.1 Å². The zero-order chi connectivity index (χ0) is 17.5. The summed E-state index contributed by atoms with van der Waals surface area (Å²) in [5.74, 6) is -0.260. The molecule has 0 aliphatic carbocycles. The molecule has 0 saturated heterocycles. The van der Waals surface area contributed by atoms with Crippen LogP contribution in [-0.2, 0) is 6.54 Å². The fraction of sp³-hybridized carbons (Fsp3) is 0.176. The lowest BCUT2D eigenvalue weighted by atomic mass is 10.1. The van der Waals surface area contributed by atoms with Crippen molar-refractivity contribution >= 4 is 40.3 Å². The fourth-order valence-electron chi connectivity index (χ4n) is 2.05. The van der Waals surface area contributed by atoms with Crippen molar-refractivity contribution in [2.45, 2.75) is 20.4 Å². The zero-order valence-corrected chi connectivity index (χ0v) is 15.1. The Balaban J connectivity index is 1.74. The van der Waals surface area contributed by atoms with Gasteiger partial charge in [-0.1, -0.05) is 29.8 Å². The first-order chi connectivity index (χ1) is 11.4. The second kappa shape index (κ2) is 8.56. The van der Waals surface area contributed by atoms with Gasteiger partial charge in [0.05, 0.1) is 0 Å². The van der Waals surface area contributed by atoms with E-state index in [-0.39, 0.29) is 5.82 Å². The summed E-state index contributed by atoms with van der Waals surface area (Å²) in [7, 11) is 0. The number of anilines is 1. The first-order valence-electron chi connectivity index (χ1n) is 7.36. The third kappa shape index (κ3) is 5.75. The molecule has 2 rings (SSSR count). The van der Waals surface area contributed by atoms with Gasteiger partial charge in [-0.05, 0) is 67.6 Å². The van der Waals surface area contributed by atoms with Gasteiger partial charge in [0.15, 0.2) is 10.2 Å². The molecule has 126 valence electrons. The van der Waals surface area contributed by atoms with E-state index in [9.17, 15) is 4.39 Å². The molecular formula is C17H19FN4S2. The van der Waals surface area contributed by atoms with Crippen molar-refractivity contribution in [3.63, 3.8) is 0 Å². The molecule has 2 aromatic rings. The Labute approximate surface area is 151 Å². The number of rotatable bonds is 3. The largest absolute Gasteiger partial charge is 0.357 e. The predicted molar refractivity (Wildman–Crippen MR) is 104 cm³/mol. The van der Waals surface area contributed by atoms with Gasteiger partial charge in [-0.15, -0.1) is 0 Å². The van der Waals surface area contributed by atoms with Gasteiger partial charge in [-0.3, -0.25) is 10.9 Å². The molecule has 4 N–H and O–H groups in total. The van der Waals surface area contributed by atoms with Crippen molar-refractivity contribution in [2.24, 2.45) is 0 Å². The average Bonchev–Trinajstić information content (AvgIpc) is 2.55. The molecule has 0 radical (unpaired) electrons. The third-order valence-electron chi connectivity index (χ3n) is 3.29. The Morgan fingerprint density at radius 3 is 2.29 bits per heavy atom. The van der Waals surface area contributed by atoms with E-state index in [2.05, 4.69) is 27.6 Å². The number of halogens is 1. The van der Waals surface area contributed by atoms with Crippen LogP contribution in [0.1, 0.15) is 16.7 Å². The maximum atomic E-state index is 12.8. The van der Waals surface area contributed by atoms with Gasteiger partial charge in [0.25, 0.3) is 0 Å². The minimum absolute atomic E-state index is 0.260. The number of hydrogen-bond donors (Lipinski definition) is 4. The van der Waals surface area contributed by atoms with E-state index in [1.807, 2.05) is 26.0 Å². The molecule has 0 aliphatic heterocycles. The maximum absolute atomic E-state index is 12.8. The van der Waals surface area contributed by atoms with Crippen LogP contribution in [0.3, 0.4) is 0 Å².